The monoisotopic (exact) mass is 224 g/mol. The highest BCUT2D eigenvalue weighted by atomic mass is 16.6. The van der Waals surface area contributed by atoms with E-state index < -0.39 is 0 Å². The highest BCUT2D eigenvalue weighted by Gasteiger charge is 2.35. The van der Waals surface area contributed by atoms with Crippen LogP contribution in [0, 0.1) is 0 Å². The van der Waals surface area contributed by atoms with Crippen molar-refractivity contribution < 1.29 is 9.53 Å². The molecule has 0 spiro atoms. The molecule has 0 aromatic carbocycles. The molecule has 16 heavy (non-hydrogen) atoms. The van der Waals surface area contributed by atoms with Crippen molar-refractivity contribution in [3.63, 3.8) is 0 Å². The first-order valence-corrected chi connectivity index (χ1v) is 6.48. The van der Waals surface area contributed by atoms with Crippen molar-refractivity contribution in [3.05, 3.63) is 12.2 Å². The van der Waals surface area contributed by atoms with E-state index >= 15 is 0 Å². The van der Waals surface area contributed by atoms with Gasteiger partial charge in [0.25, 0.3) is 0 Å². The molecular formula is C14H24O2. The average Bonchev–Trinajstić information content (AvgIpc) is 2.27. The lowest BCUT2D eigenvalue weighted by Gasteiger charge is -2.37. The Balaban J connectivity index is 2.61. The zero-order valence-corrected chi connectivity index (χ0v) is 10.7. The van der Waals surface area contributed by atoms with Crippen LogP contribution in [0.5, 0.6) is 0 Å². The molecule has 2 heteroatoms. The Labute approximate surface area is 99.1 Å². The van der Waals surface area contributed by atoms with Crippen LogP contribution in [-0.4, -0.2) is 11.6 Å². The molecule has 0 bridgehead atoms. The largest absolute Gasteiger partial charge is 0.456 e. The zero-order valence-electron chi connectivity index (χ0n) is 10.7. The van der Waals surface area contributed by atoms with Crippen LogP contribution >= 0.6 is 0 Å². The van der Waals surface area contributed by atoms with Crippen molar-refractivity contribution >= 4 is 5.97 Å². The number of unbranched alkanes of at least 4 members (excludes halogenated alkanes) is 1. The van der Waals surface area contributed by atoms with Gasteiger partial charge < -0.3 is 4.74 Å². The van der Waals surface area contributed by atoms with Crippen LogP contribution in [0.25, 0.3) is 0 Å². The Morgan fingerprint density at radius 2 is 1.94 bits per heavy atom. The third-order valence-corrected chi connectivity index (χ3v) is 3.41. The lowest BCUT2D eigenvalue weighted by Crippen LogP contribution is -2.37. The predicted octanol–water partition coefficient (Wildman–Crippen LogP) is 4.00. The highest BCUT2D eigenvalue weighted by Crippen LogP contribution is 2.36. The van der Waals surface area contributed by atoms with E-state index in [1.807, 2.05) is 0 Å². The van der Waals surface area contributed by atoms with Gasteiger partial charge in [-0.1, -0.05) is 26.3 Å². The molecule has 0 amide bonds. The quantitative estimate of drug-likeness (QED) is 0.521. The molecule has 0 unspecified atom stereocenters. The minimum Gasteiger partial charge on any atom is -0.456 e. The normalized spacial score (nSPS) is 19.1. The molecule has 92 valence electrons. The molecule has 0 aromatic heterocycles. The number of ether oxygens (including phenoxy) is 1. The molecule has 1 rings (SSSR count). The Morgan fingerprint density at radius 3 is 2.44 bits per heavy atom. The minimum absolute atomic E-state index is 0.176. The van der Waals surface area contributed by atoms with E-state index in [2.05, 4.69) is 13.5 Å². The van der Waals surface area contributed by atoms with Crippen molar-refractivity contribution in [2.75, 3.05) is 0 Å². The Kier molecular flexibility index (Phi) is 5.04. The molecule has 0 atom stereocenters. The predicted molar refractivity (Wildman–Crippen MR) is 66.2 cm³/mol. The van der Waals surface area contributed by atoms with Crippen LogP contribution in [0.1, 0.15) is 65.2 Å². The maximum Gasteiger partial charge on any atom is 0.333 e. The van der Waals surface area contributed by atoms with Gasteiger partial charge in [-0.15, -0.1) is 0 Å². The molecule has 1 saturated carbocycles. The molecule has 0 heterocycles. The smallest absolute Gasteiger partial charge is 0.333 e. The fourth-order valence-electron chi connectivity index (χ4n) is 2.38. The van der Waals surface area contributed by atoms with E-state index in [4.69, 9.17) is 4.74 Å². The maximum absolute atomic E-state index is 11.7. The summed E-state index contributed by atoms with van der Waals surface area (Å²) >= 11 is 0. The van der Waals surface area contributed by atoms with E-state index in [0.717, 1.165) is 32.1 Å². The Hall–Kier alpha value is -0.790. The van der Waals surface area contributed by atoms with Crippen molar-refractivity contribution in [3.8, 4) is 0 Å². The molecule has 0 radical (unpaired) electrons. The first kappa shape index (κ1) is 13.3. The van der Waals surface area contributed by atoms with Crippen LogP contribution in [-0.2, 0) is 9.53 Å². The van der Waals surface area contributed by atoms with Gasteiger partial charge in [0.15, 0.2) is 0 Å². The number of esters is 1. The second kappa shape index (κ2) is 6.07. The summed E-state index contributed by atoms with van der Waals surface area (Å²) in [4.78, 5) is 11.7. The van der Waals surface area contributed by atoms with Gasteiger partial charge in [-0.3, -0.25) is 0 Å². The van der Waals surface area contributed by atoms with E-state index in [-0.39, 0.29) is 11.6 Å². The summed E-state index contributed by atoms with van der Waals surface area (Å²) in [6.07, 6.45) is 9.04. The van der Waals surface area contributed by atoms with Crippen molar-refractivity contribution in [1.82, 2.24) is 0 Å². The average molecular weight is 224 g/mol. The van der Waals surface area contributed by atoms with Gasteiger partial charge in [0.05, 0.1) is 0 Å². The zero-order chi connectivity index (χ0) is 12.0. The number of carbonyl (C=O) groups is 1. The lowest BCUT2D eigenvalue weighted by atomic mass is 9.81. The summed E-state index contributed by atoms with van der Waals surface area (Å²) in [7, 11) is 0. The Bertz CT molecular complexity index is 249. The summed E-state index contributed by atoms with van der Waals surface area (Å²) in [5.74, 6) is -0.210. The molecule has 1 aliphatic rings. The van der Waals surface area contributed by atoms with E-state index in [9.17, 15) is 4.79 Å². The molecule has 0 saturated heterocycles. The van der Waals surface area contributed by atoms with Crippen LogP contribution in [0.3, 0.4) is 0 Å². The molecule has 1 aliphatic carbocycles. The lowest BCUT2D eigenvalue weighted by molar-refractivity contribution is -0.159. The van der Waals surface area contributed by atoms with Crippen molar-refractivity contribution in [1.29, 1.82) is 0 Å². The molecular weight excluding hydrogens is 200 g/mol. The van der Waals surface area contributed by atoms with Gasteiger partial charge >= 0.3 is 5.97 Å². The second-order valence-corrected chi connectivity index (χ2v) is 5.02. The fourth-order valence-corrected chi connectivity index (χ4v) is 2.38. The summed E-state index contributed by atoms with van der Waals surface area (Å²) in [6, 6.07) is 0. The summed E-state index contributed by atoms with van der Waals surface area (Å²) in [6.45, 7) is 7.56. The van der Waals surface area contributed by atoms with Gasteiger partial charge in [0.1, 0.15) is 5.60 Å². The molecule has 2 nitrogen and oxygen atoms in total. The first-order valence-electron chi connectivity index (χ1n) is 6.48. The molecule has 0 N–H and O–H groups in total. The molecule has 1 fully saturated rings. The van der Waals surface area contributed by atoms with Crippen LogP contribution in [0.15, 0.2) is 12.2 Å². The van der Waals surface area contributed by atoms with Gasteiger partial charge in [0.2, 0.25) is 0 Å². The SMILES string of the molecule is C=C(C)C(=O)OC1(CCCC)CCCCC1. The topological polar surface area (TPSA) is 26.3 Å². The van der Waals surface area contributed by atoms with Crippen LogP contribution in [0.4, 0.5) is 0 Å². The summed E-state index contributed by atoms with van der Waals surface area (Å²) < 4.78 is 5.70. The second-order valence-electron chi connectivity index (χ2n) is 5.02. The summed E-state index contributed by atoms with van der Waals surface area (Å²) in [5.41, 5.74) is 0.339. The van der Waals surface area contributed by atoms with Crippen LogP contribution < -0.4 is 0 Å². The van der Waals surface area contributed by atoms with Crippen molar-refractivity contribution in [2.24, 2.45) is 0 Å². The minimum atomic E-state index is -0.210. The molecule has 0 aromatic rings. The fraction of sp³-hybridized carbons (Fsp3) is 0.786. The van der Waals surface area contributed by atoms with Gasteiger partial charge in [-0.05, 0) is 45.4 Å². The third kappa shape index (κ3) is 3.66. The van der Waals surface area contributed by atoms with Gasteiger partial charge in [-0.2, -0.15) is 0 Å². The van der Waals surface area contributed by atoms with Gasteiger partial charge in [0, 0.05) is 5.57 Å². The number of hydrogen-bond donors (Lipinski definition) is 0. The first-order chi connectivity index (χ1) is 7.59. The highest BCUT2D eigenvalue weighted by molar-refractivity contribution is 5.87. The van der Waals surface area contributed by atoms with E-state index in [1.54, 1.807) is 6.92 Å². The van der Waals surface area contributed by atoms with Crippen LogP contribution in [0.2, 0.25) is 0 Å². The summed E-state index contributed by atoms with van der Waals surface area (Å²) in [5, 5.41) is 0. The maximum atomic E-state index is 11.7. The number of hydrogen-bond acceptors (Lipinski definition) is 2. The van der Waals surface area contributed by atoms with Crippen molar-refractivity contribution in [2.45, 2.75) is 70.8 Å². The third-order valence-electron chi connectivity index (χ3n) is 3.41. The number of carbonyl (C=O) groups excluding carboxylic acids is 1. The van der Waals surface area contributed by atoms with E-state index in [0.29, 0.717) is 5.57 Å². The molecule has 0 aliphatic heterocycles. The Morgan fingerprint density at radius 1 is 1.31 bits per heavy atom. The standard InChI is InChI=1S/C14H24O2/c1-4-5-9-14(10-7-6-8-11-14)16-13(15)12(2)3/h2,4-11H2,1,3H3. The number of rotatable bonds is 5. The van der Waals surface area contributed by atoms with E-state index in [1.165, 1.54) is 19.3 Å². The van der Waals surface area contributed by atoms with Gasteiger partial charge in [-0.25, -0.2) is 4.79 Å².